The number of hydrogen-bond acceptors (Lipinski definition) is 6. The van der Waals surface area contributed by atoms with Crippen molar-refractivity contribution >= 4 is 46.4 Å². The molecule has 8 heteroatoms. The fourth-order valence-corrected chi connectivity index (χ4v) is 3.92. The van der Waals surface area contributed by atoms with Crippen LogP contribution < -0.4 is 15.0 Å². The van der Waals surface area contributed by atoms with E-state index in [0.29, 0.717) is 45.5 Å². The molecule has 3 amide bonds. The van der Waals surface area contributed by atoms with Gasteiger partial charge < -0.3 is 15.2 Å². The van der Waals surface area contributed by atoms with Crippen molar-refractivity contribution < 1.29 is 24.2 Å². The molecule has 0 saturated carbocycles. The lowest BCUT2D eigenvalue weighted by molar-refractivity contribution is -0.120. The third-order valence-electron chi connectivity index (χ3n) is 4.28. The quantitative estimate of drug-likeness (QED) is 0.630. The van der Waals surface area contributed by atoms with Gasteiger partial charge in [-0.2, -0.15) is 0 Å². The molecule has 2 aromatic carbocycles. The first-order valence-electron chi connectivity index (χ1n) is 9.43. The van der Waals surface area contributed by atoms with Crippen LogP contribution in [0.25, 0.3) is 5.57 Å². The number of nitrogens with one attached hydrogen (secondary N) is 1. The summed E-state index contributed by atoms with van der Waals surface area (Å²) in [7, 11) is 0. The lowest BCUT2D eigenvalue weighted by Gasteiger charge is -2.16. The second-order valence-electron chi connectivity index (χ2n) is 6.41. The minimum absolute atomic E-state index is 0.113. The Morgan fingerprint density at radius 1 is 1.07 bits per heavy atom. The van der Waals surface area contributed by atoms with Crippen LogP contribution in [0.5, 0.6) is 5.75 Å². The van der Waals surface area contributed by atoms with Crippen LogP contribution in [0.15, 0.2) is 53.4 Å². The maximum Gasteiger partial charge on any atom is 0.272 e. The van der Waals surface area contributed by atoms with Gasteiger partial charge >= 0.3 is 0 Å². The molecule has 0 spiro atoms. The molecule has 1 heterocycles. The summed E-state index contributed by atoms with van der Waals surface area (Å²) < 4.78 is 5.45. The van der Waals surface area contributed by atoms with Crippen molar-refractivity contribution in [2.24, 2.45) is 0 Å². The molecule has 1 aliphatic rings. The minimum atomic E-state index is -0.436. The number of imide groups is 1. The summed E-state index contributed by atoms with van der Waals surface area (Å²) in [4.78, 5) is 38.9. The number of carbonyl (C=O) groups excluding carboxylic acids is 3. The Morgan fingerprint density at radius 3 is 2.30 bits per heavy atom. The second-order valence-corrected chi connectivity index (χ2v) is 7.51. The van der Waals surface area contributed by atoms with E-state index in [1.54, 1.807) is 48.5 Å². The lowest BCUT2D eigenvalue weighted by Crippen LogP contribution is -2.31. The predicted octanol–water partition coefficient (Wildman–Crippen LogP) is 3.05. The molecular weight excluding hydrogens is 404 g/mol. The molecule has 0 radical (unpaired) electrons. The summed E-state index contributed by atoms with van der Waals surface area (Å²) >= 11 is 1.15. The van der Waals surface area contributed by atoms with Gasteiger partial charge in [0.05, 0.1) is 29.4 Å². The highest BCUT2D eigenvalue weighted by atomic mass is 32.2. The van der Waals surface area contributed by atoms with Gasteiger partial charge in [0.1, 0.15) is 5.75 Å². The Kier molecular flexibility index (Phi) is 6.91. The van der Waals surface area contributed by atoms with Crippen molar-refractivity contribution in [3.8, 4) is 5.75 Å². The van der Waals surface area contributed by atoms with E-state index in [2.05, 4.69) is 5.32 Å². The SMILES string of the molecule is CCOc1ccc(C2=C(SCCO)C(=O)N(c3ccc(NC(C)=O)cc3)C2=O)cc1. The van der Waals surface area contributed by atoms with Gasteiger partial charge in [0.25, 0.3) is 11.8 Å². The standard InChI is InChI=1S/C22H22N2O5S/c1-3-29-18-10-4-15(5-11-18)19-20(30-13-12-25)22(28)24(21(19)27)17-8-6-16(7-9-17)23-14(2)26/h4-11,25H,3,12-13H2,1-2H3,(H,23,26). The number of benzene rings is 2. The summed E-state index contributed by atoms with van der Waals surface area (Å²) in [5.41, 5.74) is 1.88. The molecule has 156 valence electrons. The van der Waals surface area contributed by atoms with Gasteiger partial charge in [-0.3, -0.25) is 14.4 Å². The van der Waals surface area contributed by atoms with Crippen LogP contribution in [0.3, 0.4) is 0 Å². The summed E-state index contributed by atoms with van der Waals surface area (Å²) in [6.45, 7) is 3.70. The third kappa shape index (κ3) is 4.55. The van der Waals surface area contributed by atoms with Crippen LogP contribution in [0.2, 0.25) is 0 Å². The molecule has 0 atom stereocenters. The largest absolute Gasteiger partial charge is 0.494 e. The zero-order chi connectivity index (χ0) is 21.7. The van der Waals surface area contributed by atoms with E-state index in [1.807, 2.05) is 6.92 Å². The van der Waals surface area contributed by atoms with Crippen molar-refractivity contribution in [3.05, 3.63) is 59.0 Å². The molecule has 0 bridgehead atoms. The van der Waals surface area contributed by atoms with E-state index >= 15 is 0 Å². The Balaban J connectivity index is 1.95. The van der Waals surface area contributed by atoms with E-state index < -0.39 is 11.8 Å². The average molecular weight is 426 g/mol. The predicted molar refractivity (Wildman–Crippen MR) is 117 cm³/mol. The first-order valence-corrected chi connectivity index (χ1v) is 10.4. The van der Waals surface area contributed by atoms with E-state index in [0.717, 1.165) is 16.7 Å². The molecule has 0 unspecified atom stereocenters. The summed E-state index contributed by atoms with van der Waals surface area (Å²) in [5, 5.41) is 11.9. The van der Waals surface area contributed by atoms with Gasteiger partial charge in [0.2, 0.25) is 5.91 Å². The maximum absolute atomic E-state index is 13.2. The van der Waals surface area contributed by atoms with E-state index in [-0.39, 0.29) is 12.5 Å². The van der Waals surface area contributed by atoms with Crippen molar-refractivity contribution in [1.29, 1.82) is 0 Å². The van der Waals surface area contributed by atoms with Gasteiger partial charge in [-0.25, -0.2) is 4.90 Å². The van der Waals surface area contributed by atoms with Gasteiger partial charge in [0, 0.05) is 18.4 Å². The number of aliphatic hydroxyl groups excluding tert-OH is 1. The van der Waals surface area contributed by atoms with E-state index in [9.17, 15) is 19.5 Å². The van der Waals surface area contributed by atoms with Crippen LogP contribution >= 0.6 is 11.8 Å². The van der Waals surface area contributed by atoms with Crippen LogP contribution in [-0.2, 0) is 14.4 Å². The fraction of sp³-hybridized carbons (Fsp3) is 0.227. The number of carbonyl (C=O) groups is 3. The molecule has 30 heavy (non-hydrogen) atoms. The highest BCUT2D eigenvalue weighted by Gasteiger charge is 2.40. The zero-order valence-corrected chi connectivity index (χ0v) is 17.5. The smallest absolute Gasteiger partial charge is 0.272 e. The molecule has 0 saturated heterocycles. The Morgan fingerprint density at radius 2 is 1.73 bits per heavy atom. The molecular formula is C22H22N2O5S. The number of anilines is 2. The van der Waals surface area contributed by atoms with Crippen molar-refractivity contribution in [2.75, 3.05) is 29.2 Å². The van der Waals surface area contributed by atoms with Crippen molar-refractivity contribution in [3.63, 3.8) is 0 Å². The number of aliphatic hydroxyl groups is 1. The van der Waals surface area contributed by atoms with E-state index in [4.69, 9.17) is 4.74 Å². The van der Waals surface area contributed by atoms with Gasteiger partial charge in [-0.05, 0) is 48.9 Å². The second kappa shape index (κ2) is 9.60. The van der Waals surface area contributed by atoms with Gasteiger partial charge in [-0.15, -0.1) is 11.8 Å². The third-order valence-corrected chi connectivity index (χ3v) is 5.33. The minimum Gasteiger partial charge on any atom is -0.494 e. The monoisotopic (exact) mass is 426 g/mol. The highest BCUT2D eigenvalue weighted by Crippen LogP contribution is 2.38. The molecule has 0 aliphatic carbocycles. The molecule has 2 aromatic rings. The summed E-state index contributed by atoms with van der Waals surface area (Å²) in [5.74, 6) is -0.109. The average Bonchev–Trinajstić information content (AvgIpc) is 2.97. The number of hydrogen-bond donors (Lipinski definition) is 2. The maximum atomic E-state index is 13.2. The molecule has 0 fully saturated rings. The van der Waals surface area contributed by atoms with Crippen LogP contribution in [-0.4, -0.2) is 41.8 Å². The Labute approximate surface area is 178 Å². The number of ether oxygens (including phenoxy) is 1. The van der Waals surface area contributed by atoms with Crippen LogP contribution in [0, 0.1) is 0 Å². The first kappa shape index (κ1) is 21.6. The van der Waals surface area contributed by atoms with Crippen LogP contribution in [0.4, 0.5) is 11.4 Å². The van der Waals surface area contributed by atoms with Crippen LogP contribution in [0.1, 0.15) is 19.4 Å². The molecule has 1 aliphatic heterocycles. The number of amides is 3. The van der Waals surface area contributed by atoms with E-state index in [1.165, 1.54) is 6.92 Å². The lowest BCUT2D eigenvalue weighted by atomic mass is 10.1. The Bertz CT molecular complexity index is 984. The first-order chi connectivity index (χ1) is 14.5. The summed E-state index contributed by atoms with van der Waals surface area (Å²) in [6.07, 6.45) is 0. The highest BCUT2D eigenvalue weighted by molar-refractivity contribution is 8.04. The molecule has 2 N–H and O–H groups in total. The number of thioether (sulfide) groups is 1. The van der Waals surface area contributed by atoms with Crippen molar-refractivity contribution in [1.82, 2.24) is 0 Å². The Hall–Kier alpha value is -3.10. The molecule has 0 aromatic heterocycles. The van der Waals surface area contributed by atoms with Gasteiger partial charge in [-0.1, -0.05) is 12.1 Å². The van der Waals surface area contributed by atoms with Gasteiger partial charge in [0.15, 0.2) is 0 Å². The normalized spacial score (nSPS) is 13.8. The van der Waals surface area contributed by atoms with Crippen molar-refractivity contribution in [2.45, 2.75) is 13.8 Å². The molecule has 3 rings (SSSR count). The zero-order valence-electron chi connectivity index (χ0n) is 16.7. The number of nitrogens with zero attached hydrogens (tertiary/aromatic N) is 1. The number of rotatable bonds is 8. The topological polar surface area (TPSA) is 95.9 Å². The fourth-order valence-electron chi connectivity index (χ4n) is 3.06. The molecule has 7 nitrogen and oxygen atoms in total. The summed E-state index contributed by atoms with van der Waals surface area (Å²) in [6, 6.07) is 13.5.